The molecule has 1 aliphatic rings. The van der Waals surface area contributed by atoms with E-state index in [1.807, 2.05) is 0 Å². The van der Waals surface area contributed by atoms with Crippen LogP contribution in [-0.2, 0) is 4.74 Å². The first-order chi connectivity index (χ1) is 16.6. The van der Waals surface area contributed by atoms with Crippen molar-refractivity contribution in [3.8, 4) is 0 Å². The van der Waals surface area contributed by atoms with Crippen molar-refractivity contribution in [2.45, 2.75) is 130 Å². The van der Waals surface area contributed by atoms with Crippen molar-refractivity contribution < 1.29 is 4.74 Å². The summed E-state index contributed by atoms with van der Waals surface area (Å²) in [6.45, 7) is 16.0. The molecule has 1 rings (SSSR count). The van der Waals surface area contributed by atoms with E-state index in [0.29, 0.717) is 5.92 Å². The molecule has 1 aliphatic heterocycles. The highest BCUT2D eigenvalue weighted by Crippen LogP contribution is 2.27. The lowest BCUT2D eigenvalue weighted by Crippen LogP contribution is -2.45. The summed E-state index contributed by atoms with van der Waals surface area (Å²) >= 11 is 0. The number of piperazine rings is 1. The second-order valence-corrected chi connectivity index (χ2v) is 11.0. The molecule has 0 amide bonds. The molecule has 1 N–H and O–H groups in total. The SMILES string of the molecule is CCCCC/C=C\C/C=C\CCCCCCCC(C)(CCCC)OCC(C)CN1CCNCC1. The Bertz CT molecular complexity index is 498. The first-order valence-corrected chi connectivity index (χ1v) is 15.0. The maximum atomic E-state index is 6.60. The molecule has 0 saturated carbocycles. The van der Waals surface area contributed by atoms with Gasteiger partial charge in [-0.15, -0.1) is 0 Å². The van der Waals surface area contributed by atoms with Crippen molar-refractivity contribution in [1.82, 2.24) is 10.2 Å². The minimum atomic E-state index is 0.0700. The topological polar surface area (TPSA) is 24.5 Å². The van der Waals surface area contributed by atoms with Gasteiger partial charge >= 0.3 is 0 Å². The molecule has 1 heterocycles. The van der Waals surface area contributed by atoms with Crippen LogP contribution in [0.2, 0.25) is 0 Å². The maximum absolute atomic E-state index is 6.60. The van der Waals surface area contributed by atoms with Crippen LogP contribution in [0.1, 0.15) is 124 Å². The Balaban J connectivity index is 2.11. The molecule has 200 valence electrons. The number of unbranched alkanes of at least 4 members (excludes halogenated alkanes) is 9. The lowest BCUT2D eigenvalue weighted by molar-refractivity contribution is -0.0630. The van der Waals surface area contributed by atoms with Gasteiger partial charge in [0.05, 0.1) is 12.2 Å². The minimum absolute atomic E-state index is 0.0700. The summed E-state index contributed by atoms with van der Waals surface area (Å²) in [4.78, 5) is 2.59. The minimum Gasteiger partial charge on any atom is -0.375 e. The van der Waals surface area contributed by atoms with Crippen LogP contribution < -0.4 is 5.32 Å². The lowest BCUT2D eigenvalue weighted by atomic mass is 9.91. The van der Waals surface area contributed by atoms with E-state index >= 15 is 0 Å². The molecule has 34 heavy (non-hydrogen) atoms. The summed E-state index contributed by atoms with van der Waals surface area (Å²) in [5, 5.41) is 3.45. The van der Waals surface area contributed by atoms with E-state index < -0.39 is 0 Å². The average Bonchev–Trinajstić information content (AvgIpc) is 2.85. The second kappa shape index (κ2) is 21.6. The average molecular weight is 477 g/mol. The number of rotatable bonds is 22. The zero-order valence-corrected chi connectivity index (χ0v) is 23.6. The van der Waals surface area contributed by atoms with Gasteiger partial charge in [0.15, 0.2) is 0 Å². The molecule has 0 bridgehead atoms. The highest BCUT2D eigenvalue weighted by atomic mass is 16.5. The van der Waals surface area contributed by atoms with Crippen molar-refractivity contribution >= 4 is 0 Å². The van der Waals surface area contributed by atoms with Crippen molar-refractivity contribution in [2.75, 3.05) is 39.3 Å². The summed E-state index contributed by atoms with van der Waals surface area (Å²) in [5.74, 6) is 0.614. The van der Waals surface area contributed by atoms with E-state index in [2.05, 4.69) is 62.2 Å². The van der Waals surface area contributed by atoms with Crippen LogP contribution in [0.25, 0.3) is 0 Å². The van der Waals surface area contributed by atoms with Gasteiger partial charge in [-0.25, -0.2) is 0 Å². The Morgan fingerprint density at radius 3 is 2.06 bits per heavy atom. The molecule has 0 aromatic heterocycles. The molecule has 1 saturated heterocycles. The zero-order valence-electron chi connectivity index (χ0n) is 23.6. The summed E-state index contributed by atoms with van der Waals surface area (Å²) in [6.07, 6.45) is 28.7. The molecule has 0 spiro atoms. The maximum Gasteiger partial charge on any atom is 0.0654 e. The molecular formula is C31H60N2O. The quantitative estimate of drug-likeness (QED) is 0.126. The summed E-state index contributed by atoms with van der Waals surface area (Å²) in [5.41, 5.74) is 0.0700. The third-order valence-corrected chi connectivity index (χ3v) is 7.21. The molecular weight excluding hydrogens is 416 g/mol. The molecule has 1 fully saturated rings. The third-order valence-electron chi connectivity index (χ3n) is 7.21. The van der Waals surface area contributed by atoms with E-state index in [1.54, 1.807) is 0 Å². The van der Waals surface area contributed by atoms with Crippen LogP contribution in [0.3, 0.4) is 0 Å². The molecule has 3 nitrogen and oxygen atoms in total. The number of nitrogens with zero attached hydrogens (tertiary/aromatic N) is 1. The van der Waals surface area contributed by atoms with Crippen LogP contribution in [0.15, 0.2) is 24.3 Å². The highest BCUT2D eigenvalue weighted by Gasteiger charge is 2.25. The Hall–Kier alpha value is -0.640. The smallest absolute Gasteiger partial charge is 0.0654 e. The number of hydrogen-bond acceptors (Lipinski definition) is 3. The van der Waals surface area contributed by atoms with Gasteiger partial charge in [-0.05, 0) is 57.8 Å². The normalized spacial score (nSPS) is 18.1. The van der Waals surface area contributed by atoms with Gasteiger partial charge in [-0.2, -0.15) is 0 Å². The zero-order chi connectivity index (χ0) is 24.7. The van der Waals surface area contributed by atoms with Crippen LogP contribution in [0, 0.1) is 5.92 Å². The van der Waals surface area contributed by atoms with E-state index in [4.69, 9.17) is 4.74 Å². The Morgan fingerprint density at radius 2 is 1.38 bits per heavy atom. The van der Waals surface area contributed by atoms with Crippen LogP contribution in [0.5, 0.6) is 0 Å². The van der Waals surface area contributed by atoms with Crippen molar-refractivity contribution in [3.63, 3.8) is 0 Å². The van der Waals surface area contributed by atoms with E-state index in [9.17, 15) is 0 Å². The highest BCUT2D eigenvalue weighted by molar-refractivity contribution is 4.92. The van der Waals surface area contributed by atoms with Gasteiger partial charge in [0.25, 0.3) is 0 Å². The van der Waals surface area contributed by atoms with Crippen molar-refractivity contribution in [3.05, 3.63) is 24.3 Å². The molecule has 0 aromatic carbocycles. The van der Waals surface area contributed by atoms with Gasteiger partial charge in [0.1, 0.15) is 0 Å². The fourth-order valence-electron chi connectivity index (χ4n) is 4.86. The monoisotopic (exact) mass is 476 g/mol. The third kappa shape index (κ3) is 17.7. The Morgan fingerprint density at radius 1 is 0.794 bits per heavy atom. The Labute approximate surface area is 214 Å². The molecule has 0 aromatic rings. The van der Waals surface area contributed by atoms with Crippen molar-refractivity contribution in [1.29, 1.82) is 0 Å². The largest absolute Gasteiger partial charge is 0.375 e. The number of nitrogens with one attached hydrogen (secondary N) is 1. The first kappa shape index (κ1) is 31.4. The number of allylic oxidation sites excluding steroid dienone is 4. The molecule has 2 unspecified atom stereocenters. The number of hydrogen-bond donors (Lipinski definition) is 1. The van der Waals surface area contributed by atoms with Gasteiger partial charge < -0.3 is 15.0 Å². The molecule has 0 aliphatic carbocycles. The first-order valence-electron chi connectivity index (χ1n) is 15.0. The van der Waals surface area contributed by atoms with Crippen molar-refractivity contribution in [2.24, 2.45) is 5.92 Å². The van der Waals surface area contributed by atoms with Crippen LogP contribution in [0.4, 0.5) is 0 Å². The standard InChI is InChI=1S/C31H60N2O/c1-5-7-9-10-11-12-13-14-15-16-17-18-19-20-21-23-31(4,22-8-6-2)34-29-30(3)28-33-26-24-32-25-27-33/h11-12,14-15,30,32H,5-10,13,16-29H2,1-4H3/b12-11-,15-14-. The van der Waals surface area contributed by atoms with Crippen LogP contribution >= 0.6 is 0 Å². The lowest BCUT2D eigenvalue weighted by Gasteiger charge is -2.34. The second-order valence-electron chi connectivity index (χ2n) is 11.0. The van der Waals surface area contributed by atoms with Gasteiger partial charge in [0, 0.05) is 32.7 Å². The summed E-state index contributed by atoms with van der Waals surface area (Å²) < 4.78 is 6.60. The summed E-state index contributed by atoms with van der Waals surface area (Å²) in [6, 6.07) is 0. The summed E-state index contributed by atoms with van der Waals surface area (Å²) in [7, 11) is 0. The predicted molar refractivity (Wildman–Crippen MR) is 152 cm³/mol. The van der Waals surface area contributed by atoms with Gasteiger partial charge in [-0.1, -0.05) is 96.4 Å². The Kier molecular flexibility index (Phi) is 20.0. The van der Waals surface area contributed by atoms with E-state index in [1.165, 1.54) is 110 Å². The fourth-order valence-corrected chi connectivity index (χ4v) is 4.86. The van der Waals surface area contributed by atoms with E-state index in [-0.39, 0.29) is 5.60 Å². The number of ether oxygens (including phenoxy) is 1. The molecule has 2 atom stereocenters. The fraction of sp³-hybridized carbons (Fsp3) is 0.871. The molecule has 0 radical (unpaired) electrons. The van der Waals surface area contributed by atoms with E-state index in [0.717, 1.165) is 26.1 Å². The predicted octanol–water partition coefficient (Wildman–Crippen LogP) is 8.31. The van der Waals surface area contributed by atoms with Gasteiger partial charge in [0.2, 0.25) is 0 Å². The van der Waals surface area contributed by atoms with Crippen LogP contribution in [-0.4, -0.2) is 49.8 Å². The molecule has 3 heteroatoms. The van der Waals surface area contributed by atoms with Gasteiger partial charge in [-0.3, -0.25) is 0 Å².